The lowest BCUT2D eigenvalue weighted by Gasteiger charge is -2.39. The van der Waals surface area contributed by atoms with Crippen LogP contribution in [-0.4, -0.2) is 120 Å². The highest BCUT2D eigenvalue weighted by Crippen LogP contribution is 2.35. The van der Waals surface area contributed by atoms with Crippen molar-refractivity contribution >= 4 is 58.5 Å². The molecule has 1 atom stereocenters. The summed E-state index contributed by atoms with van der Waals surface area (Å²) in [5.74, 6) is -2.32. The number of anilines is 2. The molecule has 2 aromatic carbocycles. The van der Waals surface area contributed by atoms with Crippen LogP contribution in [0.1, 0.15) is 85.7 Å². The Hall–Kier alpha value is -5.67. The summed E-state index contributed by atoms with van der Waals surface area (Å²) in [6.07, 6.45) is 4.77. The van der Waals surface area contributed by atoms with Gasteiger partial charge in [-0.2, -0.15) is 0 Å². The minimum atomic E-state index is -0.974. The van der Waals surface area contributed by atoms with Crippen molar-refractivity contribution in [2.24, 2.45) is 5.92 Å². The zero-order valence-electron chi connectivity index (χ0n) is 32.2. The third-order valence-electron chi connectivity index (χ3n) is 12.1. The Balaban J connectivity index is 0.756. The van der Waals surface area contributed by atoms with Crippen LogP contribution in [0.5, 0.6) is 0 Å². The zero-order chi connectivity index (χ0) is 40.0. The summed E-state index contributed by atoms with van der Waals surface area (Å²) in [6, 6.07) is 8.54. The molecule has 5 aliphatic rings. The molecule has 6 amide bonds. The number of imide groups is 2. The topological polar surface area (TPSA) is 167 Å². The first kappa shape index (κ1) is 38.2. The fourth-order valence-electron chi connectivity index (χ4n) is 8.89. The molecule has 298 valence electrons. The first-order chi connectivity index (χ1) is 27.4. The van der Waals surface area contributed by atoms with Gasteiger partial charge in [0.2, 0.25) is 11.8 Å². The monoisotopic (exact) mass is 778 g/mol. The summed E-state index contributed by atoms with van der Waals surface area (Å²) in [6.45, 7) is 11.8. The number of aryl methyl sites for hydroxylation is 1. The molecule has 14 nitrogen and oxygen atoms in total. The van der Waals surface area contributed by atoms with E-state index >= 15 is 0 Å². The van der Waals surface area contributed by atoms with Gasteiger partial charge >= 0.3 is 0 Å². The number of hydrogen-bond donors (Lipinski definition) is 4. The average Bonchev–Trinajstić information content (AvgIpc) is 3.75. The van der Waals surface area contributed by atoms with Crippen molar-refractivity contribution in [1.82, 2.24) is 30.3 Å². The zero-order valence-corrected chi connectivity index (χ0v) is 32.2. The van der Waals surface area contributed by atoms with Crippen molar-refractivity contribution in [3.63, 3.8) is 0 Å². The fraction of sp³-hybridized carbons (Fsp3) is 0.429. The number of piperidine rings is 2. The summed E-state index contributed by atoms with van der Waals surface area (Å²) < 4.78 is 13.9. The number of carbonyl (C=O) groups excluding carboxylic acids is 6. The molecule has 0 bridgehead atoms. The normalized spacial score (nSPS) is 21.3. The second-order valence-corrected chi connectivity index (χ2v) is 15.7. The number of amides is 6. The van der Waals surface area contributed by atoms with Crippen molar-refractivity contribution in [2.45, 2.75) is 52.0 Å². The first-order valence-electron chi connectivity index (χ1n) is 19.8. The maximum atomic E-state index is 13.9. The quantitative estimate of drug-likeness (QED) is 0.137. The minimum absolute atomic E-state index is 0.0894. The van der Waals surface area contributed by atoms with E-state index in [2.05, 4.69) is 35.6 Å². The number of piperazine rings is 1. The van der Waals surface area contributed by atoms with E-state index in [1.807, 2.05) is 19.9 Å². The number of benzene rings is 2. The standard InChI is InChI=1S/C42H47FN8O6/c1-24-34(22-31-30-20-27(43)4-7-33(30)46-38(31)53)45-25(2)37(24)40(55)44-12-3-13-48-16-18-49(19-17-48)23-26-10-14-50(15-11-26)28-5-6-29-32(21-28)42(57)51(41(29)56)35-8-9-36(52)47-39(35)54/h4-7,20-22,26,35,45H,3,8-19,23H2,1-2H3,(H,44,55)(H,46,53)(H,47,52,54)/b31-22-. The van der Waals surface area contributed by atoms with Gasteiger partial charge in [-0.05, 0) is 100 Å². The number of rotatable bonds is 10. The lowest BCUT2D eigenvalue weighted by Crippen LogP contribution is -2.54. The van der Waals surface area contributed by atoms with Gasteiger partial charge in [0.1, 0.15) is 11.9 Å². The van der Waals surface area contributed by atoms with Gasteiger partial charge in [0, 0.05) is 87.1 Å². The highest BCUT2D eigenvalue weighted by molar-refractivity contribution is 6.35. The Morgan fingerprint density at radius 3 is 2.35 bits per heavy atom. The van der Waals surface area contributed by atoms with Crippen LogP contribution in [0.2, 0.25) is 0 Å². The van der Waals surface area contributed by atoms with Crippen LogP contribution >= 0.6 is 0 Å². The van der Waals surface area contributed by atoms with Crippen LogP contribution in [0.25, 0.3) is 11.6 Å². The number of hydrogen-bond acceptors (Lipinski definition) is 9. The SMILES string of the molecule is Cc1[nH]c(/C=C2\C(=O)Nc3ccc(F)cc32)c(C)c1C(=O)NCCCN1CCN(CC2CCN(c3ccc4c(c3)C(=O)N(C3CCC(=O)NC3=O)C4=O)CC2)CC1. The molecular weight excluding hydrogens is 732 g/mol. The summed E-state index contributed by atoms with van der Waals surface area (Å²) in [5, 5.41) is 8.06. The second kappa shape index (κ2) is 15.7. The molecule has 3 fully saturated rings. The molecule has 57 heavy (non-hydrogen) atoms. The van der Waals surface area contributed by atoms with E-state index in [0.29, 0.717) is 57.4 Å². The second-order valence-electron chi connectivity index (χ2n) is 15.7. The van der Waals surface area contributed by atoms with Crippen LogP contribution in [0, 0.1) is 25.6 Å². The number of nitrogens with one attached hydrogen (secondary N) is 4. The number of H-pyrrole nitrogens is 1. The molecule has 1 aromatic heterocycles. The van der Waals surface area contributed by atoms with Gasteiger partial charge in [-0.3, -0.25) is 39.0 Å². The Kier molecular flexibility index (Phi) is 10.5. The predicted molar refractivity (Wildman–Crippen MR) is 211 cm³/mol. The molecule has 6 heterocycles. The maximum Gasteiger partial charge on any atom is 0.262 e. The Bertz CT molecular complexity index is 2200. The van der Waals surface area contributed by atoms with E-state index in [-0.39, 0.29) is 24.7 Å². The number of fused-ring (bicyclic) bond motifs is 2. The van der Waals surface area contributed by atoms with Gasteiger partial charge in [-0.15, -0.1) is 0 Å². The van der Waals surface area contributed by atoms with E-state index < -0.39 is 35.5 Å². The fourth-order valence-corrected chi connectivity index (χ4v) is 8.89. The van der Waals surface area contributed by atoms with E-state index in [9.17, 15) is 33.2 Å². The molecule has 15 heteroatoms. The molecule has 4 N–H and O–H groups in total. The average molecular weight is 779 g/mol. The summed E-state index contributed by atoms with van der Waals surface area (Å²) in [7, 11) is 0. The molecule has 0 spiro atoms. The first-order valence-corrected chi connectivity index (χ1v) is 19.8. The molecule has 5 aliphatic heterocycles. The molecule has 3 aromatic rings. The minimum Gasteiger partial charge on any atom is -0.371 e. The molecule has 1 unspecified atom stereocenters. The Morgan fingerprint density at radius 2 is 1.60 bits per heavy atom. The largest absolute Gasteiger partial charge is 0.371 e. The van der Waals surface area contributed by atoms with Crippen molar-refractivity contribution < 1.29 is 33.2 Å². The summed E-state index contributed by atoms with van der Waals surface area (Å²) >= 11 is 0. The molecule has 0 saturated carbocycles. The molecule has 8 rings (SSSR count). The van der Waals surface area contributed by atoms with Gasteiger partial charge in [-0.25, -0.2) is 4.39 Å². The van der Waals surface area contributed by atoms with E-state index in [1.54, 1.807) is 24.3 Å². The smallest absolute Gasteiger partial charge is 0.262 e. The molecule has 0 radical (unpaired) electrons. The van der Waals surface area contributed by atoms with Gasteiger partial charge < -0.3 is 30.3 Å². The highest BCUT2D eigenvalue weighted by atomic mass is 19.1. The van der Waals surface area contributed by atoms with E-state index in [0.717, 1.165) is 87.8 Å². The van der Waals surface area contributed by atoms with E-state index in [1.165, 1.54) is 12.1 Å². The lowest BCUT2D eigenvalue weighted by atomic mass is 9.95. The van der Waals surface area contributed by atoms with Gasteiger partial charge in [0.25, 0.3) is 23.6 Å². The molecule has 0 aliphatic carbocycles. The highest BCUT2D eigenvalue weighted by Gasteiger charge is 2.45. The van der Waals surface area contributed by atoms with Gasteiger partial charge in [-0.1, -0.05) is 0 Å². The van der Waals surface area contributed by atoms with Crippen LogP contribution < -0.4 is 20.9 Å². The van der Waals surface area contributed by atoms with Crippen molar-refractivity contribution in [2.75, 3.05) is 69.1 Å². The molecular formula is C42H47FN8O6. The number of carbonyl (C=O) groups is 6. The maximum absolute atomic E-state index is 13.9. The number of aromatic amines is 1. The van der Waals surface area contributed by atoms with Crippen molar-refractivity contribution in [3.05, 3.63) is 81.4 Å². The summed E-state index contributed by atoms with van der Waals surface area (Å²) in [5.41, 5.74) is 5.52. The number of aromatic nitrogens is 1. The van der Waals surface area contributed by atoms with Gasteiger partial charge in [0.05, 0.1) is 22.3 Å². The third kappa shape index (κ3) is 7.61. The van der Waals surface area contributed by atoms with Crippen LogP contribution in [0.4, 0.5) is 15.8 Å². The van der Waals surface area contributed by atoms with Crippen molar-refractivity contribution in [3.8, 4) is 0 Å². The lowest BCUT2D eigenvalue weighted by molar-refractivity contribution is -0.136. The third-order valence-corrected chi connectivity index (χ3v) is 12.1. The predicted octanol–water partition coefficient (Wildman–Crippen LogP) is 3.32. The van der Waals surface area contributed by atoms with Crippen molar-refractivity contribution in [1.29, 1.82) is 0 Å². The van der Waals surface area contributed by atoms with Crippen LogP contribution in [0.3, 0.4) is 0 Å². The van der Waals surface area contributed by atoms with Gasteiger partial charge in [0.15, 0.2) is 0 Å². The number of nitrogens with zero attached hydrogens (tertiary/aromatic N) is 4. The van der Waals surface area contributed by atoms with E-state index in [4.69, 9.17) is 0 Å². The number of halogens is 1. The Morgan fingerprint density at radius 1 is 0.860 bits per heavy atom. The Labute approximate surface area is 329 Å². The summed E-state index contributed by atoms with van der Waals surface area (Å²) in [4.78, 5) is 87.7. The molecule has 3 saturated heterocycles. The van der Waals surface area contributed by atoms with Crippen LogP contribution in [0.15, 0.2) is 36.4 Å². The van der Waals surface area contributed by atoms with Crippen LogP contribution in [-0.2, 0) is 14.4 Å².